The van der Waals surface area contributed by atoms with Crippen molar-refractivity contribution in [1.29, 1.82) is 0 Å². The maximum absolute atomic E-state index is 16.0. The molecule has 0 saturated carbocycles. The SMILES string of the molecule is CCCc1nc2c(c(-c3ccc(OC)cc3)c1F)c(=O)cc(Nc1ccccc1)n2-c1ccccc1. The lowest BCUT2D eigenvalue weighted by Gasteiger charge is -2.20. The molecule has 0 bridgehead atoms. The van der Waals surface area contributed by atoms with E-state index in [-0.39, 0.29) is 16.4 Å². The van der Waals surface area contributed by atoms with E-state index >= 15 is 4.39 Å². The maximum Gasteiger partial charge on any atom is 0.193 e. The number of pyridine rings is 2. The Morgan fingerprint density at radius 2 is 1.61 bits per heavy atom. The number of aromatic nitrogens is 2. The van der Waals surface area contributed by atoms with Crippen LogP contribution in [0.15, 0.2) is 95.8 Å². The van der Waals surface area contributed by atoms with Crippen molar-refractivity contribution in [3.05, 3.63) is 113 Å². The Balaban J connectivity index is 1.88. The fourth-order valence-corrected chi connectivity index (χ4v) is 4.40. The summed E-state index contributed by atoms with van der Waals surface area (Å²) >= 11 is 0. The van der Waals surface area contributed by atoms with Crippen LogP contribution in [-0.4, -0.2) is 16.7 Å². The zero-order valence-electron chi connectivity index (χ0n) is 20.2. The van der Waals surface area contributed by atoms with Gasteiger partial charge < -0.3 is 10.1 Å². The van der Waals surface area contributed by atoms with Crippen LogP contribution >= 0.6 is 0 Å². The molecule has 0 saturated heterocycles. The van der Waals surface area contributed by atoms with E-state index < -0.39 is 5.82 Å². The number of nitrogens with one attached hydrogen (secondary N) is 1. The van der Waals surface area contributed by atoms with Gasteiger partial charge in [-0.05, 0) is 48.4 Å². The van der Waals surface area contributed by atoms with Crippen LogP contribution in [0.25, 0.3) is 27.8 Å². The number of hydrogen-bond donors (Lipinski definition) is 1. The van der Waals surface area contributed by atoms with Gasteiger partial charge in [0.1, 0.15) is 11.6 Å². The molecule has 180 valence electrons. The van der Waals surface area contributed by atoms with Crippen LogP contribution in [-0.2, 0) is 6.42 Å². The molecule has 5 rings (SSSR count). The summed E-state index contributed by atoms with van der Waals surface area (Å²) in [5, 5.41) is 3.59. The third-order valence-electron chi connectivity index (χ3n) is 6.08. The van der Waals surface area contributed by atoms with Gasteiger partial charge in [-0.1, -0.05) is 61.9 Å². The summed E-state index contributed by atoms with van der Waals surface area (Å²) in [5.74, 6) is 0.740. The number of para-hydroxylation sites is 2. The topological polar surface area (TPSA) is 56.1 Å². The molecule has 0 amide bonds. The van der Waals surface area contributed by atoms with E-state index in [4.69, 9.17) is 9.72 Å². The van der Waals surface area contributed by atoms with E-state index in [2.05, 4.69) is 5.32 Å². The molecule has 3 aromatic carbocycles. The number of benzene rings is 3. The minimum Gasteiger partial charge on any atom is -0.497 e. The molecule has 5 nitrogen and oxygen atoms in total. The Morgan fingerprint density at radius 3 is 2.25 bits per heavy atom. The molecule has 0 fully saturated rings. The minimum atomic E-state index is -0.463. The first-order chi connectivity index (χ1) is 17.6. The van der Waals surface area contributed by atoms with Gasteiger partial charge in [0.25, 0.3) is 0 Å². The Kier molecular flexibility index (Phi) is 6.50. The molecule has 36 heavy (non-hydrogen) atoms. The van der Waals surface area contributed by atoms with Crippen molar-refractivity contribution in [2.75, 3.05) is 12.4 Å². The molecule has 0 atom stereocenters. The number of anilines is 2. The normalized spacial score (nSPS) is 11.0. The monoisotopic (exact) mass is 479 g/mol. The van der Waals surface area contributed by atoms with E-state index in [0.717, 1.165) is 17.8 Å². The van der Waals surface area contributed by atoms with E-state index in [1.807, 2.05) is 72.2 Å². The van der Waals surface area contributed by atoms with Crippen molar-refractivity contribution in [3.63, 3.8) is 0 Å². The molecule has 2 heterocycles. The van der Waals surface area contributed by atoms with Crippen molar-refractivity contribution >= 4 is 22.5 Å². The molecule has 0 unspecified atom stereocenters. The van der Waals surface area contributed by atoms with Crippen LogP contribution in [0.2, 0.25) is 0 Å². The average Bonchev–Trinajstić information content (AvgIpc) is 2.91. The van der Waals surface area contributed by atoms with Crippen molar-refractivity contribution in [2.24, 2.45) is 0 Å². The Bertz CT molecular complexity index is 1560. The van der Waals surface area contributed by atoms with E-state index in [1.165, 1.54) is 6.07 Å². The predicted octanol–water partition coefficient (Wildman–Crippen LogP) is 6.90. The molecule has 5 aromatic rings. The lowest BCUT2D eigenvalue weighted by Crippen LogP contribution is -2.16. The number of ether oxygens (including phenoxy) is 1. The molecule has 0 radical (unpaired) electrons. The summed E-state index contributed by atoms with van der Waals surface area (Å²) in [6.45, 7) is 1.98. The van der Waals surface area contributed by atoms with E-state index in [0.29, 0.717) is 34.9 Å². The predicted molar refractivity (Wildman–Crippen MR) is 143 cm³/mol. The largest absolute Gasteiger partial charge is 0.497 e. The third kappa shape index (κ3) is 4.33. The Labute approximate surface area is 208 Å². The molecular formula is C30H26FN3O2. The van der Waals surface area contributed by atoms with Gasteiger partial charge in [0.15, 0.2) is 16.9 Å². The molecule has 0 spiro atoms. The highest BCUT2D eigenvalue weighted by molar-refractivity contribution is 5.95. The highest BCUT2D eigenvalue weighted by Gasteiger charge is 2.23. The van der Waals surface area contributed by atoms with Crippen LogP contribution in [0.1, 0.15) is 19.0 Å². The smallest absolute Gasteiger partial charge is 0.193 e. The van der Waals surface area contributed by atoms with E-state index in [9.17, 15) is 4.79 Å². The van der Waals surface area contributed by atoms with Gasteiger partial charge in [-0.3, -0.25) is 9.36 Å². The van der Waals surface area contributed by atoms with Crippen molar-refractivity contribution < 1.29 is 9.13 Å². The summed E-state index contributed by atoms with van der Waals surface area (Å²) in [5.41, 5.74) is 2.91. The molecule has 0 aliphatic carbocycles. The highest BCUT2D eigenvalue weighted by Crippen LogP contribution is 2.34. The molecule has 0 aliphatic heterocycles. The standard InChI is InChI=1S/C30H26FN3O2/c1-3-10-24-29(31)27(20-15-17-23(36-2)18-16-20)28-25(35)19-26(32-21-11-6-4-7-12-21)34(30(28)33-24)22-13-8-5-9-14-22/h4-9,11-19,32H,3,10H2,1-2H3. The van der Waals surface area contributed by atoms with Gasteiger partial charge in [0, 0.05) is 23.0 Å². The van der Waals surface area contributed by atoms with Crippen LogP contribution in [0.5, 0.6) is 5.75 Å². The Hall–Kier alpha value is -4.45. The molecule has 2 aromatic heterocycles. The second-order valence-electron chi connectivity index (χ2n) is 8.48. The summed E-state index contributed by atoms with van der Waals surface area (Å²) in [6.07, 6.45) is 1.17. The summed E-state index contributed by atoms with van der Waals surface area (Å²) in [7, 11) is 1.58. The zero-order chi connectivity index (χ0) is 25.1. The summed E-state index contributed by atoms with van der Waals surface area (Å²) in [4.78, 5) is 18.4. The highest BCUT2D eigenvalue weighted by atomic mass is 19.1. The van der Waals surface area contributed by atoms with Crippen LogP contribution in [0.4, 0.5) is 15.9 Å². The molecule has 0 aliphatic rings. The number of halogens is 1. The quantitative estimate of drug-likeness (QED) is 0.276. The molecule has 6 heteroatoms. The van der Waals surface area contributed by atoms with Crippen LogP contribution in [0, 0.1) is 5.82 Å². The van der Waals surface area contributed by atoms with Crippen molar-refractivity contribution in [1.82, 2.24) is 9.55 Å². The van der Waals surface area contributed by atoms with Crippen molar-refractivity contribution in [3.8, 4) is 22.6 Å². The number of methoxy groups -OCH3 is 1. The lowest BCUT2D eigenvalue weighted by atomic mass is 9.99. The van der Waals surface area contributed by atoms with Gasteiger partial charge in [-0.15, -0.1) is 0 Å². The second kappa shape index (κ2) is 10.0. The second-order valence-corrected chi connectivity index (χ2v) is 8.48. The third-order valence-corrected chi connectivity index (χ3v) is 6.08. The van der Waals surface area contributed by atoms with Gasteiger partial charge in [0.2, 0.25) is 0 Å². The maximum atomic E-state index is 16.0. The number of nitrogens with zero attached hydrogens (tertiary/aromatic N) is 2. The first kappa shape index (κ1) is 23.3. The van der Waals surface area contributed by atoms with Crippen LogP contribution < -0.4 is 15.5 Å². The van der Waals surface area contributed by atoms with Gasteiger partial charge in [-0.25, -0.2) is 9.37 Å². The minimum absolute atomic E-state index is 0.236. The fourth-order valence-electron chi connectivity index (χ4n) is 4.40. The first-order valence-corrected chi connectivity index (χ1v) is 11.9. The van der Waals surface area contributed by atoms with Gasteiger partial charge in [-0.2, -0.15) is 0 Å². The zero-order valence-corrected chi connectivity index (χ0v) is 20.2. The lowest BCUT2D eigenvalue weighted by molar-refractivity contribution is 0.415. The molecular weight excluding hydrogens is 453 g/mol. The summed E-state index contributed by atoms with van der Waals surface area (Å²) in [6, 6.07) is 27.9. The Morgan fingerprint density at radius 1 is 0.944 bits per heavy atom. The molecule has 1 N–H and O–H groups in total. The van der Waals surface area contributed by atoms with E-state index in [1.54, 1.807) is 31.4 Å². The van der Waals surface area contributed by atoms with Crippen LogP contribution in [0.3, 0.4) is 0 Å². The number of fused-ring (bicyclic) bond motifs is 1. The van der Waals surface area contributed by atoms with Gasteiger partial charge >= 0.3 is 0 Å². The summed E-state index contributed by atoms with van der Waals surface area (Å²) < 4.78 is 23.1. The fraction of sp³-hybridized carbons (Fsp3) is 0.133. The average molecular weight is 480 g/mol. The van der Waals surface area contributed by atoms with Crippen molar-refractivity contribution in [2.45, 2.75) is 19.8 Å². The number of rotatable bonds is 7. The first-order valence-electron chi connectivity index (χ1n) is 11.9. The van der Waals surface area contributed by atoms with Gasteiger partial charge in [0.05, 0.1) is 18.2 Å². The number of hydrogen-bond acceptors (Lipinski definition) is 4. The number of aryl methyl sites for hydroxylation is 1.